The highest BCUT2D eigenvalue weighted by Crippen LogP contribution is 2.36. The first-order chi connectivity index (χ1) is 13.8. The van der Waals surface area contributed by atoms with E-state index in [0.29, 0.717) is 0 Å². The Kier molecular flexibility index (Phi) is 4.49. The first kappa shape index (κ1) is 17.3. The molecule has 4 heteroatoms. The van der Waals surface area contributed by atoms with Crippen LogP contribution in [0, 0.1) is 5.92 Å². The van der Waals surface area contributed by atoms with Crippen molar-refractivity contribution in [3.63, 3.8) is 0 Å². The zero-order valence-corrected chi connectivity index (χ0v) is 15.8. The smallest absolute Gasteiger partial charge is 0.231 e. The second-order valence-electron chi connectivity index (χ2n) is 7.62. The number of hydrogen-bond acceptors (Lipinski definition) is 4. The summed E-state index contributed by atoms with van der Waals surface area (Å²) in [5.74, 6) is 1.97. The van der Waals surface area contributed by atoms with Gasteiger partial charge in [0.2, 0.25) is 6.79 Å². The quantitative estimate of drug-likeness (QED) is 0.624. The van der Waals surface area contributed by atoms with Crippen LogP contribution in [0.4, 0.5) is 0 Å². The van der Waals surface area contributed by atoms with Crippen molar-refractivity contribution in [2.75, 3.05) is 19.9 Å². The van der Waals surface area contributed by atoms with Crippen LogP contribution in [0.5, 0.6) is 11.5 Å². The molecule has 28 heavy (non-hydrogen) atoms. The molecule has 0 radical (unpaired) electrons. The maximum atomic E-state index is 13.3. The van der Waals surface area contributed by atoms with Gasteiger partial charge in [0.15, 0.2) is 17.3 Å². The molecule has 0 aliphatic carbocycles. The molecule has 2 heterocycles. The minimum absolute atomic E-state index is 0.0356. The lowest BCUT2D eigenvalue weighted by Crippen LogP contribution is -2.38. The number of ketones is 1. The molecule has 5 rings (SSSR count). The van der Waals surface area contributed by atoms with Crippen molar-refractivity contribution >= 4 is 16.6 Å². The monoisotopic (exact) mass is 373 g/mol. The maximum Gasteiger partial charge on any atom is 0.231 e. The van der Waals surface area contributed by atoms with Crippen LogP contribution in [0.25, 0.3) is 10.8 Å². The Labute approximate surface area is 164 Å². The van der Waals surface area contributed by atoms with Crippen molar-refractivity contribution in [2.45, 2.75) is 19.4 Å². The van der Waals surface area contributed by atoms with Crippen molar-refractivity contribution in [1.29, 1.82) is 0 Å². The predicted octanol–water partition coefficient (Wildman–Crippen LogP) is 4.66. The van der Waals surface area contributed by atoms with Gasteiger partial charge in [-0.3, -0.25) is 9.69 Å². The molecular formula is C24H23NO3. The average Bonchev–Trinajstić information content (AvgIpc) is 3.23. The van der Waals surface area contributed by atoms with Gasteiger partial charge >= 0.3 is 0 Å². The molecule has 2 aliphatic rings. The summed E-state index contributed by atoms with van der Waals surface area (Å²) in [4.78, 5) is 15.7. The Balaban J connectivity index is 1.36. The van der Waals surface area contributed by atoms with Gasteiger partial charge in [-0.1, -0.05) is 54.6 Å². The maximum absolute atomic E-state index is 13.3. The molecule has 0 amide bonds. The zero-order chi connectivity index (χ0) is 18.9. The molecule has 0 unspecified atom stereocenters. The third-order valence-electron chi connectivity index (χ3n) is 5.80. The number of Topliss-reactive ketones (excluding diaryl/α,β-unsaturated/α-hetero) is 1. The molecule has 2 aliphatic heterocycles. The number of carbonyl (C=O) groups excluding carboxylic acids is 1. The van der Waals surface area contributed by atoms with Crippen LogP contribution in [0.3, 0.4) is 0 Å². The van der Waals surface area contributed by atoms with Crippen LogP contribution in [-0.4, -0.2) is 30.6 Å². The molecule has 1 saturated heterocycles. The standard InChI is InChI=1S/C24H23NO3/c26-23(21-11-3-7-17-6-1-2-10-20(17)21)18-9-5-13-25(14-18)15-19-8-4-12-22-24(19)28-16-27-22/h1-4,6-8,10-12,18H,5,9,13-16H2/t18-/m0/s1. The van der Waals surface area contributed by atoms with Gasteiger partial charge in [0, 0.05) is 30.1 Å². The fraction of sp³-hybridized carbons (Fsp3) is 0.292. The molecule has 4 nitrogen and oxygen atoms in total. The molecule has 0 bridgehead atoms. The van der Waals surface area contributed by atoms with Crippen LogP contribution < -0.4 is 9.47 Å². The Hall–Kier alpha value is -2.85. The van der Waals surface area contributed by atoms with E-state index in [-0.39, 0.29) is 18.5 Å². The number of rotatable bonds is 4. The van der Waals surface area contributed by atoms with Crippen molar-refractivity contribution in [3.05, 3.63) is 71.8 Å². The SMILES string of the molecule is O=C(c1cccc2ccccc12)[C@H]1CCCN(Cc2cccc3c2OCO3)C1. The van der Waals surface area contributed by atoms with Crippen molar-refractivity contribution in [3.8, 4) is 11.5 Å². The second kappa shape index (κ2) is 7.28. The largest absolute Gasteiger partial charge is 0.454 e. The minimum atomic E-state index is 0.0356. The van der Waals surface area contributed by atoms with E-state index in [1.54, 1.807) is 0 Å². The number of hydrogen-bond donors (Lipinski definition) is 0. The Bertz CT molecular complexity index is 1020. The van der Waals surface area contributed by atoms with E-state index in [0.717, 1.165) is 65.9 Å². The number of ether oxygens (including phenoxy) is 2. The van der Waals surface area contributed by atoms with Gasteiger partial charge in [0.05, 0.1) is 0 Å². The molecule has 0 saturated carbocycles. The highest BCUT2D eigenvalue weighted by Gasteiger charge is 2.28. The summed E-state index contributed by atoms with van der Waals surface area (Å²) in [5.41, 5.74) is 1.98. The molecule has 3 aromatic rings. The fourth-order valence-corrected chi connectivity index (χ4v) is 4.43. The summed E-state index contributed by atoms with van der Waals surface area (Å²) in [6.45, 7) is 2.86. The highest BCUT2D eigenvalue weighted by atomic mass is 16.7. The first-order valence-electron chi connectivity index (χ1n) is 9.91. The van der Waals surface area contributed by atoms with E-state index in [9.17, 15) is 4.79 Å². The number of piperidine rings is 1. The average molecular weight is 373 g/mol. The lowest BCUT2D eigenvalue weighted by Gasteiger charge is -2.32. The van der Waals surface area contributed by atoms with Crippen LogP contribution >= 0.6 is 0 Å². The van der Waals surface area contributed by atoms with E-state index in [1.165, 1.54) is 0 Å². The van der Waals surface area contributed by atoms with Gasteiger partial charge < -0.3 is 9.47 Å². The molecule has 0 spiro atoms. The van der Waals surface area contributed by atoms with E-state index >= 15 is 0 Å². The Morgan fingerprint density at radius 2 is 1.86 bits per heavy atom. The molecular weight excluding hydrogens is 350 g/mol. The normalized spacial score (nSPS) is 19.1. The summed E-state index contributed by atoms with van der Waals surface area (Å²) in [7, 11) is 0. The van der Waals surface area contributed by atoms with Gasteiger partial charge in [0.1, 0.15) is 0 Å². The summed E-state index contributed by atoms with van der Waals surface area (Å²) < 4.78 is 11.1. The number of likely N-dealkylation sites (tertiary alicyclic amines) is 1. The summed E-state index contributed by atoms with van der Waals surface area (Å²) in [6, 6.07) is 20.2. The van der Waals surface area contributed by atoms with Crippen molar-refractivity contribution in [2.24, 2.45) is 5.92 Å². The first-order valence-corrected chi connectivity index (χ1v) is 9.91. The number of para-hydroxylation sites is 1. The van der Waals surface area contributed by atoms with E-state index in [4.69, 9.17) is 9.47 Å². The number of benzene rings is 3. The van der Waals surface area contributed by atoms with Crippen LogP contribution in [0.2, 0.25) is 0 Å². The number of carbonyl (C=O) groups is 1. The third kappa shape index (κ3) is 3.14. The highest BCUT2D eigenvalue weighted by molar-refractivity contribution is 6.09. The summed E-state index contributed by atoms with van der Waals surface area (Å²) in [5, 5.41) is 2.18. The molecule has 3 aromatic carbocycles. The third-order valence-corrected chi connectivity index (χ3v) is 5.80. The molecule has 0 N–H and O–H groups in total. The Morgan fingerprint density at radius 3 is 2.82 bits per heavy atom. The van der Waals surface area contributed by atoms with Gasteiger partial charge in [-0.15, -0.1) is 0 Å². The van der Waals surface area contributed by atoms with Crippen LogP contribution in [-0.2, 0) is 6.54 Å². The van der Waals surface area contributed by atoms with Crippen LogP contribution in [0.1, 0.15) is 28.8 Å². The topological polar surface area (TPSA) is 38.8 Å². The van der Waals surface area contributed by atoms with Crippen LogP contribution in [0.15, 0.2) is 60.7 Å². The van der Waals surface area contributed by atoms with Gasteiger partial charge in [-0.25, -0.2) is 0 Å². The number of fused-ring (bicyclic) bond motifs is 2. The van der Waals surface area contributed by atoms with Gasteiger partial charge in [-0.2, -0.15) is 0 Å². The lowest BCUT2D eigenvalue weighted by molar-refractivity contribution is 0.0812. The van der Waals surface area contributed by atoms with Gasteiger partial charge in [-0.05, 0) is 36.2 Å². The Morgan fingerprint density at radius 1 is 1.00 bits per heavy atom. The van der Waals surface area contributed by atoms with Crippen molar-refractivity contribution in [1.82, 2.24) is 4.90 Å². The summed E-state index contributed by atoms with van der Waals surface area (Å²) in [6.07, 6.45) is 1.98. The van der Waals surface area contributed by atoms with Gasteiger partial charge in [0.25, 0.3) is 0 Å². The second-order valence-corrected chi connectivity index (χ2v) is 7.62. The molecule has 1 fully saturated rings. The van der Waals surface area contributed by atoms with E-state index in [1.807, 2.05) is 42.5 Å². The predicted molar refractivity (Wildman–Crippen MR) is 109 cm³/mol. The summed E-state index contributed by atoms with van der Waals surface area (Å²) >= 11 is 0. The molecule has 1 atom stereocenters. The van der Waals surface area contributed by atoms with E-state index < -0.39 is 0 Å². The molecule has 142 valence electrons. The molecule has 0 aromatic heterocycles. The fourth-order valence-electron chi connectivity index (χ4n) is 4.43. The number of nitrogens with zero attached hydrogens (tertiary/aromatic N) is 1. The minimum Gasteiger partial charge on any atom is -0.454 e. The lowest BCUT2D eigenvalue weighted by atomic mass is 9.88. The van der Waals surface area contributed by atoms with Crippen molar-refractivity contribution < 1.29 is 14.3 Å². The zero-order valence-electron chi connectivity index (χ0n) is 15.8. The van der Waals surface area contributed by atoms with E-state index in [2.05, 4.69) is 23.1 Å².